The Morgan fingerprint density at radius 1 is 1.04 bits per heavy atom. The van der Waals surface area contributed by atoms with Crippen LogP contribution in [0.2, 0.25) is 0 Å². The number of carbonyl (C=O) groups excluding carboxylic acids is 2. The number of thiophene rings is 1. The molecule has 3 rings (SSSR count). The Kier molecular flexibility index (Phi) is 5.13. The third-order valence-electron chi connectivity index (χ3n) is 3.66. The molecule has 0 aliphatic carbocycles. The predicted molar refractivity (Wildman–Crippen MR) is 91.6 cm³/mol. The van der Waals surface area contributed by atoms with E-state index >= 15 is 0 Å². The summed E-state index contributed by atoms with van der Waals surface area (Å²) >= 11 is 0.986. The van der Waals surface area contributed by atoms with Gasteiger partial charge in [-0.2, -0.15) is 0 Å². The highest BCUT2D eigenvalue weighted by atomic mass is 32.1. The summed E-state index contributed by atoms with van der Waals surface area (Å²) in [6.07, 6.45) is -1.36. The fraction of sp³-hybridized carbons (Fsp3) is 0.111. The Balaban J connectivity index is 1.71. The summed E-state index contributed by atoms with van der Waals surface area (Å²) in [4.78, 5) is 24.3. The van der Waals surface area contributed by atoms with Crippen LogP contribution in [0, 0.1) is 23.3 Å². The number of nitrogens with one attached hydrogen (secondary N) is 1. The molecule has 27 heavy (non-hydrogen) atoms. The molecule has 0 spiro atoms. The largest absolute Gasteiger partial charge is 0.448 e. The van der Waals surface area contributed by atoms with Crippen LogP contribution in [0.25, 0.3) is 10.1 Å². The number of amides is 1. The normalized spacial score (nSPS) is 12.0. The van der Waals surface area contributed by atoms with Gasteiger partial charge in [0.25, 0.3) is 5.91 Å². The molecule has 2 aromatic carbocycles. The molecule has 9 heteroatoms. The smallest absolute Gasteiger partial charge is 0.349 e. The first-order valence-electron chi connectivity index (χ1n) is 7.61. The Morgan fingerprint density at radius 2 is 1.78 bits per heavy atom. The number of rotatable bonds is 4. The van der Waals surface area contributed by atoms with E-state index < -0.39 is 46.9 Å². The standard InChI is InChI=1S/C18H11F4NO3S/c1-8(17(24)23-12-6-5-11(20)15(21)16(12)22)26-18(25)14-7-9-10(19)3-2-4-13(9)27-14/h2-8H,1H3,(H,23,24)/t8-/m0/s1. The van der Waals surface area contributed by atoms with E-state index in [9.17, 15) is 27.2 Å². The van der Waals surface area contributed by atoms with Gasteiger partial charge in [0.2, 0.25) is 0 Å². The lowest BCUT2D eigenvalue weighted by atomic mass is 10.2. The van der Waals surface area contributed by atoms with E-state index in [4.69, 9.17) is 4.74 Å². The van der Waals surface area contributed by atoms with E-state index in [0.29, 0.717) is 10.8 Å². The Bertz CT molecular complexity index is 1050. The number of halogens is 4. The van der Waals surface area contributed by atoms with Crippen molar-refractivity contribution in [2.75, 3.05) is 5.32 Å². The number of hydrogen-bond donors (Lipinski definition) is 1. The van der Waals surface area contributed by atoms with Gasteiger partial charge in [-0.25, -0.2) is 22.4 Å². The zero-order valence-electron chi connectivity index (χ0n) is 13.7. The average Bonchev–Trinajstić information content (AvgIpc) is 3.08. The van der Waals surface area contributed by atoms with E-state index in [2.05, 4.69) is 0 Å². The van der Waals surface area contributed by atoms with Gasteiger partial charge >= 0.3 is 5.97 Å². The van der Waals surface area contributed by atoms with E-state index in [1.54, 1.807) is 6.07 Å². The van der Waals surface area contributed by atoms with Crippen molar-refractivity contribution in [2.45, 2.75) is 13.0 Å². The Hall–Kier alpha value is -2.94. The zero-order valence-corrected chi connectivity index (χ0v) is 14.5. The van der Waals surface area contributed by atoms with Crippen molar-refractivity contribution in [3.8, 4) is 0 Å². The molecule has 0 saturated heterocycles. The molecule has 1 aromatic heterocycles. The van der Waals surface area contributed by atoms with Crippen molar-refractivity contribution < 1.29 is 31.9 Å². The molecule has 0 saturated carbocycles. The van der Waals surface area contributed by atoms with Gasteiger partial charge in [0.05, 0.1) is 5.69 Å². The Morgan fingerprint density at radius 3 is 2.48 bits per heavy atom. The lowest BCUT2D eigenvalue weighted by molar-refractivity contribution is -0.123. The molecule has 140 valence electrons. The summed E-state index contributed by atoms with van der Waals surface area (Å²) in [6.45, 7) is 1.22. The molecular weight excluding hydrogens is 386 g/mol. The summed E-state index contributed by atoms with van der Waals surface area (Å²) in [7, 11) is 0. The molecule has 0 aliphatic heterocycles. The second kappa shape index (κ2) is 7.36. The lowest BCUT2D eigenvalue weighted by Crippen LogP contribution is -2.30. The first-order valence-corrected chi connectivity index (χ1v) is 8.43. The van der Waals surface area contributed by atoms with Gasteiger partial charge in [-0.15, -0.1) is 11.3 Å². The van der Waals surface area contributed by atoms with Gasteiger partial charge in [-0.05, 0) is 37.3 Å². The van der Waals surface area contributed by atoms with Crippen LogP contribution >= 0.6 is 11.3 Å². The minimum Gasteiger partial charge on any atom is -0.448 e. The number of esters is 1. The zero-order chi connectivity index (χ0) is 19.7. The molecule has 0 bridgehead atoms. The predicted octanol–water partition coefficient (Wildman–Crippen LogP) is 4.64. The van der Waals surface area contributed by atoms with E-state index in [0.717, 1.165) is 17.4 Å². The van der Waals surface area contributed by atoms with Crippen LogP contribution < -0.4 is 5.32 Å². The van der Waals surface area contributed by atoms with Gasteiger partial charge in [0.1, 0.15) is 10.7 Å². The molecule has 1 N–H and O–H groups in total. The fourth-order valence-corrected chi connectivity index (χ4v) is 3.21. The summed E-state index contributed by atoms with van der Waals surface area (Å²) in [5.74, 6) is -7.01. The molecule has 1 amide bonds. The molecular formula is C18H11F4NO3S. The van der Waals surface area contributed by atoms with Crippen molar-refractivity contribution in [2.24, 2.45) is 0 Å². The molecule has 0 aliphatic rings. The fourth-order valence-electron chi connectivity index (χ4n) is 2.25. The van der Waals surface area contributed by atoms with E-state index in [-0.39, 0.29) is 10.3 Å². The summed E-state index contributed by atoms with van der Waals surface area (Å²) in [6, 6.07) is 7.16. The SMILES string of the molecule is C[C@H](OC(=O)c1cc2c(F)cccc2s1)C(=O)Nc1ccc(F)c(F)c1F. The van der Waals surface area contributed by atoms with Gasteiger partial charge in [-0.3, -0.25) is 4.79 Å². The highest BCUT2D eigenvalue weighted by Gasteiger charge is 2.23. The average molecular weight is 397 g/mol. The number of benzene rings is 2. The van der Waals surface area contributed by atoms with Crippen molar-refractivity contribution in [3.05, 3.63) is 64.5 Å². The maximum atomic E-state index is 13.7. The second-order valence-corrected chi connectivity index (χ2v) is 6.61. The van der Waals surface area contributed by atoms with Gasteiger partial charge < -0.3 is 10.1 Å². The van der Waals surface area contributed by atoms with Crippen LogP contribution in [0.3, 0.4) is 0 Å². The molecule has 3 aromatic rings. The van der Waals surface area contributed by atoms with Gasteiger partial charge in [-0.1, -0.05) is 6.07 Å². The number of hydrogen-bond acceptors (Lipinski definition) is 4. The topological polar surface area (TPSA) is 55.4 Å². The molecule has 1 atom stereocenters. The van der Waals surface area contributed by atoms with Crippen LogP contribution in [-0.2, 0) is 9.53 Å². The maximum absolute atomic E-state index is 13.7. The third-order valence-corrected chi connectivity index (χ3v) is 4.74. The van der Waals surface area contributed by atoms with Crippen molar-refractivity contribution in [1.29, 1.82) is 0 Å². The number of ether oxygens (including phenoxy) is 1. The molecule has 1 heterocycles. The van der Waals surface area contributed by atoms with Crippen LogP contribution in [0.1, 0.15) is 16.6 Å². The molecule has 4 nitrogen and oxygen atoms in total. The highest BCUT2D eigenvalue weighted by Crippen LogP contribution is 2.28. The summed E-state index contributed by atoms with van der Waals surface area (Å²) < 4.78 is 58.9. The monoisotopic (exact) mass is 397 g/mol. The van der Waals surface area contributed by atoms with Gasteiger partial charge in [0, 0.05) is 10.1 Å². The number of carbonyl (C=O) groups is 2. The number of fused-ring (bicyclic) bond motifs is 1. The molecule has 0 radical (unpaired) electrons. The number of anilines is 1. The van der Waals surface area contributed by atoms with E-state index in [1.807, 2.05) is 5.32 Å². The lowest BCUT2D eigenvalue weighted by Gasteiger charge is -2.13. The minimum atomic E-state index is -1.73. The van der Waals surface area contributed by atoms with Crippen LogP contribution in [0.15, 0.2) is 36.4 Å². The van der Waals surface area contributed by atoms with E-state index in [1.165, 1.54) is 25.1 Å². The van der Waals surface area contributed by atoms with Crippen LogP contribution in [0.4, 0.5) is 23.2 Å². The van der Waals surface area contributed by atoms with Crippen molar-refractivity contribution >= 4 is 39.0 Å². The van der Waals surface area contributed by atoms with Crippen molar-refractivity contribution in [1.82, 2.24) is 0 Å². The van der Waals surface area contributed by atoms with Gasteiger partial charge in [0.15, 0.2) is 23.6 Å². The summed E-state index contributed by atoms with van der Waals surface area (Å²) in [5, 5.41) is 2.26. The molecule has 0 unspecified atom stereocenters. The maximum Gasteiger partial charge on any atom is 0.349 e. The Labute approximate surface area is 154 Å². The third kappa shape index (κ3) is 3.77. The van der Waals surface area contributed by atoms with Crippen LogP contribution in [-0.4, -0.2) is 18.0 Å². The summed E-state index contributed by atoms with van der Waals surface area (Å²) in [5.41, 5.74) is -0.592. The first-order chi connectivity index (χ1) is 12.8. The minimum absolute atomic E-state index is 0.0776. The first kappa shape index (κ1) is 18.8. The van der Waals surface area contributed by atoms with Crippen LogP contribution in [0.5, 0.6) is 0 Å². The second-order valence-electron chi connectivity index (χ2n) is 5.52. The van der Waals surface area contributed by atoms with Crippen molar-refractivity contribution in [3.63, 3.8) is 0 Å². The molecule has 0 fully saturated rings. The quantitative estimate of drug-likeness (QED) is 0.396. The highest BCUT2D eigenvalue weighted by molar-refractivity contribution is 7.20.